The van der Waals surface area contributed by atoms with E-state index in [0.717, 1.165) is 12.2 Å². The summed E-state index contributed by atoms with van der Waals surface area (Å²) in [6.45, 7) is 2.57. The number of ether oxygens (including phenoxy) is 1. The summed E-state index contributed by atoms with van der Waals surface area (Å²) in [5.41, 5.74) is 1.34. The van der Waals surface area contributed by atoms with Gasteiger partial charge < -0.3 is 10.1 Å². The van der Waals surface area contributed by atoms with Crippen molar-refractivity contribution in [2.45, 2.75) is 32.2 Å². The standard InChI is InChI=1S/C14H20N2O/c1-3-4-5-12-6-8-14(9-7-12)17-11-13(10-15)16-2/h6-9,13,16H,3-5,11H2,1-2H3. The Morgan fingerprint density at radius 2 is 2.06 bits per heavy atom. The number of nitriles is 1. The number of likely N-dealkylation sites (N-methyl/N-ethyl adjacent to an activating group) is 1. The Hall–Kier alpha value is -1.53. The van der Waals surface area contributed by atoms with E-state index in [0.29, 0.717) is 6.61 Å². The molecule has 0 heterocycles. The van der Waals surface area contributed by atoms with Crippen molar-refractivity contribution in [3.05, 3.63) is 29.8 Å². The highest BCUT2D eigenvalue weighted by molar-refractivity contribution is 5.27. The van der Waals surface area contributed by atoms with Crippen molar-refractivity contribution in [3.63, 3.8) is 0 Å². The highest BCUT2D eigenvalue weighted by Crippen LogP contribution is 2.14. The summed E-state index contributed by atoms with van der Waals surface area (Å²) in [6.07, 6.45) is 3.55. The highest BCUT2D eigenvalue weighted by atomic mass is 16.5. The van der Waals surface area contributed by atoms with Crippen molar-refractivity contribution >= 4 is 0 Å². The number of nitrogens with one attached hydrogen (secondary N) is 1. The van der Waals surface area contributed by atoms with Gasteiger partial charge in [0.05, 0.1) is 6.07 Å². The van der Waals surface area contributed by atoms with Crippen molar-refractivity contribution in [1.29, 1.82) is 5.26 Å². The van der Waals surface area contributed by atoms with E-state index in [1.165, 1.54) is 18.4 Å². The molecular weight excluding hydrogens is 212 g/mol. The van der Waals surface area contributed by atoms with E-state index in [2.05, 4.69) is 30.4 Å². The molecule has 17 heavy (non-hydrogen) atoms. The summed E-state index contributed by atoms with van der Waals surface area (Å²) < 4.78 is 5.52. The van der Waals surface area contributed by atoms with E-state index in [9.17, 15) is 0 Å². The Kier molecular flexibility index (Phi) is 6.13. The van der Waals surface area contributed by atoms with Crippen LogP contribution in [0.1, 0.15) is 25.3 Å². The molecule has 1 aromatic rings. The van der Waals surface area contributed by atoms with Crippen LogP contribution in [0.5, 0.6) is 5.75 Å². The monoisotopic (exact) mass is 232 g/mol. The molecule has 0 aliphatic rings. The summed E-state index contributed by atoms with van der Waals surface area (Å²) in [5, 5.41) is 11.6. The molecule has 3 nitrogen and oxygen atoms in total. The quantitative estimate of drug-likeness (QED) is 0.785. The van der Waals surface area contributed by atoms with E-state index in [4.69, 9.17) is 10.00 Å². The Labute approximate surface area is 103 Å². The highest BCUT2D eigenvalue weighted by Gasteiger charge is 2.04. The molecule has 1 N–H and O–H groups in total. The molecule has 0 aliphatic carbocycles. The second-order valence-corrected chi connectivity index (χ2v) is 4.03. The van der Waals surface area contributed by atoms with Gasteiger partial charge in [0.25, 0.3) is 0 Å². The molecule has 0 bridgehead atoms. The minimum absolute atomic E-state index is 0.255. The summed E-state index contributed by atoms with van der Waals surface area (Å²) in [7, 11) is 1.76. The maximum atomic E-state index is 8.75. The predicted octanol–water partition coefficient (Wildman–Crippen LogP) is 2.52. The average molecular weight is 232 g/mol. The van der Waals surface area contributed by atoms with Crippen LogP contribution in [-0.4, -0.2) is 19.7 Å². The van der Waals surface area contributed by atoms with Crippen LogP contribution >= 0.6 is 0 Å². The molecule has 0 aromatic heterocycles. The number of rotatable bonds is 7. The number of hydrogen-bond acceptors (Lipinski definition) is 3. The first-order chi connectivity index (χ1) is 8.30. The van der Waals surface area contributed by atoms with E-state index < -0.39 is 0 Å². The molecule has 0 saturated carbocycles. The normalized spacial score (nSPS) is 11.8. The van der Waals surface area contributed by atoms with Gasteiger partial charge in [0.15, 0.2) is 0 Å². The zero-order valence-electron chi connectivity index (χ0n) is 10.6. The van der Waals surface area contributed by atoms with E-state index in [1.54, 1.807) is 7.05 Å². The molecule has 92 valence electrons. The number of unbranched alkanes of at least 4 members (excludes halogenated alkanes) is 1. The molecule has 1 rings (SSSR count). The third-order valence-corrected chi connectivity index (χ3v) is 2.66. The number of hydrogen-bond donors (Lipinski definition) is 1. The molecule has 1 aromatic carbocycles. The Morgan fingerprint density at radius 1 is 1.35 bits per heavy atom. The van der Waals surface area contributed by atoms with Crippen LogP contribution in [0.2, 0.25) is 0 Å². The smallest absolute Gasteiger partial charge is 0.129 e. The lowest BCUT2D eigenvalue weighted by atomic mass is 10.1. The second-order valence-electron chi connectivity index (χ2n) is 4.03. The molecule has 0 amide bonds. The third-order valence-electron chi connectivity index (χ3n) is 2.66. The summed E-state index contributed by atoms with van der Waals surface area (Å²) >= 11 is 0. The van der Waals surface area contributed by atoms with Gasteiger partial charge in [0.1, 0.15) is 18.4 Å². The van der Waals surface area contributed by atoms with E-state index >= 15 is 0 Å². The SMILES string of the molecule is CCCCc1ccc(OCC(C#N)NC)cc1. The van der Waals surface area contributed by atoms with Crippen molar-refractivity contribution < 1.29 is 4.74 Å². The zero-order chi connectivity index (χ0) is 12.5. The van der Waals surface area contributed by atoms with E-state index in [1.807, 2.05) is 12.1 Å². The maximum absolute atomic E-state index is 8.75. The molecule has 0 radical (unpaired) electrons. The van der Waals surface area contributed by atoms with Gasteiger partial charge in [-0.3, -0.25) is 0 Å². The van der Waals surface area contributed by atoms with Gasteiger partial charge in [-0.25, -0.2) is 0 Å². The summed E-state index contributed by atoms with van der Waals surface area (Å²) in [6, 6.07) is 9.98. The predicted molar refractivity (Wildman–Crippen MR) is 69.0 cm³/mol. The van der Waals surface area contributed by atoms with Crippen LogP contribution in [0.15, 0.2) is 24.3 Å². The van der Waals surface area contributed by atoms with Gasteiger partial charge in [-0.05, 0) is 37.6 Å². The van der Waals surface area contributed by atoms with Crippen molar-refractivity contribution in [2.24, 2.45) is 0 Å². The fourth-order valence-electron chi connectivity index (χ4n) is 1.50. The summed E-state index contributed by atoms with van der Waals surface area (Å²) in [4.78, 5) is 0. The molecular formula is C14H20N2O. The fraction of sp³-hybridized carbons (Fsp3) is 0.500. The first-order valence-electron chi connectivity index (χ1n) is 6.08. The average Bonchev–Trinajstić information content (AvgIpc) is 2.39. The van der Waals surface area contributed by atoms with Crippen LogP contribution in [0.25, 0.3) is 0 Å². The number of nitrogens with zero attached hydrogens (tertiary/aromatic N) is 1. The topological polar surface area (TPSA) is 45.0 Å². The van der Waals surface area contributed by atoms with Crippen molar-refractivity contribution in [2.75, 3.05) is 13.7 Å². The van der Waals surface area contributed by atoms with Gasteiger partial charge in [-0.15, -0.1) is 0 Å². The van der Waals surface area contributed by atoms with Crippen LogP contribution in [0.3, 0.4) is 0 Å². The van der Waals surface area contributed by atoms with Crippen LogP contribution in [0.4, 0.5) is 0 Å². The first kappa shape index (κ1) is 13.5. The molecule has 1 atom stereocenters. The van der Waals surface area contributed by atoms with Gasteiger partial charge in [-0.2, -0.15) is 5.26 Å². The number of aryl methyl sites for hydroxylation is 1. The van der Waals surface area contributed by atoms with E-state index in [-0.39, 0.29) is 6.04 Å². The Morgan fingerprint density at radius 3 is 2.59 bits per heavy atom. The number of benzene rings is 1. The lowest BCUT2D eigenvalue weighted by molar-refractivity contribution is 0.295. The van der Waals surface area contributed by atoms with Gasteiger partial charge in [-0.1, -0.05) is 25.5 Å². The lowest BCUT2D eigenvalue weighted by Gasteiger charge is -2.10. The minimum atomic E-state index is -0.255. The Balaban J connectivity index is 2.43. The van der Waals surface area contributed by atoms with Crippen LogP contribution in [-0.2, 0) is 6.42 Å². The maximum Gasteiger partial charge on any atom is 0.129 e. The largest absolute Gasteiger partial charge is 0.491 e. The molecule has 0 spiro atoms. The molecule has 0 saturated heterocycles. The fourth-order valence-corrected chi connectivity index (χ4v) is 1.50. The molecule has 1 unspecified atom stereocenters. The van der Waals surface area contributed by atoms with Gasteiger partial charge in [0, 0.05) is 0 Å². The van der Waals surface area contributed by atoms with Crippen LogP contribution < -0.4 is 10.1 Å². The van der Waals surface area contributed by atoms with Crippen molar-refractivity contribution in [3.8, 4) is 11.8 Å². The summed E-state index contributed by atoms with van der Waals surface area (Å²) in [5.74, 6) is 0.820. The molecule has 0 fully saturated rings. The van der Waals surface area contributed by atoms with Crippen molar-refractivity contribution in [1.82, 2.24) is 5.32 Å². The molecule has 3 heteroatoms. The zero-order valence-corrected chi connectivity index (χ0v) is 10.6. The third kappa shape index (κ3) is 4.88. The van der Waals surface area contributed by atoms with Gasteiger partial charge >= 0.3 is 0 Å². The lowest BCUT2D eigenvalue weighted by Crippen LogP contribution is -2.29. The first-order valence-corrected chi connectivity index (χ1v) is 6.08. The van der Waals surface area contributed by atoms with Gasteiger partial charge in [0.2, 0.25) is 0 Å². The minimum Gasteiger partial charge on any atom is -0.491 e. The van der Waals surface area contributed by atoms with Crippen LogP contribution in [0, 0.1) is 11.3 Å². The second kappa shape index (κ2) is 7.70. The molecule has 0 aliphatic heterocycles. The Bertz CT molecular complexity index is 353.